The topological polar surface area (TPSA) is 55.6 Å². The first kappa shape index (κ1) is 16.3. The molecule has 0 aliphatic carbocycles. The number of hydrogen-bond donors (Lipinski definition) is 1. The molecule has 3 rings (SSSR count). The first-order valence-corrected chi connectivity index (χ1v) is 8.17. The molecule has 0 atom stereocenters. The van der Waals surface area contributed by atoms with Crippen LogP contribution in [0, 0.1) is 0 Å². The van der Waals surface area contributed by atoms with Gasteiger partial charge in [-0.1, -0.05) is 35.9 Å². The molecule has 0 unspecified atom stereocenters. The number of carbonyl (C=O) groups excluding carboxylic acids is 1. The van der Waals surface area contributed by atoms with Gasteiger partial charge in [0.1, 0.15) is 16.5 Å². The number of nitrogens with one attached hydrogen (secondary N) is 1. The molecule has 5 nitrogen and oxygen atoms in total. The van der Waals surface area contributed by atoms with Gasteiger partial charge in [0.25, 0.3) is 0 Å². The lowest BCUT2D eigenvalue weighted by atomic mass is 10.3. The van der Waals surface area contributed by atoms with Crippen LogP contribution in [0.4, 0.5) is 0 Å². The molecule has 0 saturated carbocycles. The van der Waals surface area contributed by atoms with Crippen LogP contribution >= 0.6 is 11.6 Å². The first-order chi connectivity index (χ1) is 11.7. The minimum absolute atomic E-state index is 0.0187. The fourth-order valence-electron chi connectivity index (χ4n) is 2.33. The molecular formula is C18H18ClN3O2. The molecule has 0 saturated heterocycles. The highest BCUT2D eigenvalue weighted by Crippen LogP contribution is 2.13. The molecule has 0 aliphatic heterocycles. The summed E-state index contributed by atoms with van der Waals surface area (Å²) in [4.78, 5) is 16.3. The summed E-state index contributed by atoms with van der Waals surface area (Å²) >= 11 is 6.09. The van der Waals surface area contributed by atoms with Gasteiger partial charge < -0.3 is 10.1 Å². The zero-order valence-electron chi connectivity index (χ0n) is 13.1. The van der Waals surface area contributed by atoms with Gasteiger partial charge in [-0.2, -0.15) is 0 Å². The Morgan fingerprint density at radius 3 is 2.79 bits per heavy atom. The highest BCUT2D eigenvalue weighted by molar-refractivity contribution is 6.29. The number of rotatable bonds is 7. The van der Waals surface area contributed by atoms with Gasteiger partial charge in [-0.3, -0.25) is 9.20 Å². The predicted octanol–water partition coefficient (Wildman–Crippen LogP) is 3.46. The van der Waals surface area contributed by atoms with Gasteiger partial charge in [0.05, 0.1) is 18.8 Å². The summed E-state index contributed by atoms with van der Waals surface area (Å²) in [6.07, 6.45) is 2.91. The van der Waals surface area contributed by atoms with Gasteiger partial charge in [-0.15, -0.1) is 0 Å². The third-order valence-corrected chi connectivity index (χ3v) is 3.83. The normalized spacial score (nSPS) is 10.7. The van der Waals surface area contributed by atoms with Crippen LogP contribution in [0.3, 0.4) is 0 Å². The second kappa shape index (κ2) is 7.84. The van der Waals surface area contributed by atoms with E-state index in [9.17, 15) is 4.79 Å². The number of aromatic nitrogens is 2. The van der Waals surface area contributed by atoms with E-state index in [-0.39, 0.29) is 5.91 Å². The lowest BCUT2D eigenvalue weighted by Crippen LogP contribution is -2.23. The second-order valence-electron chi connectivity index (χ2n) is 5.35. The maximum absolute atomic E-state index is 11.9. The lowest BCUT2D eigenvalue weighted by molar-refractivity contribution is -0.121. The van der Waals surface area contributed by atoms with E-state index in [1.807, 2.05) is 48.7 Å². The third-order valence-electron chi connectivity index (χ3n) is 3.52. The largest absolute Gasteiger partial charge is 0.494 e. The summed E-state index contributed by atoms with van der Waals surface area (Å²) in [6.45, 7) is 0.901. The molecule has 3 aromatic rings. The SMILES string of the molecule is O=C(CCCOc1ccccc1)NCc1cn2c(Cl)cccc2n1. The zero-order chi connectivity index (χ0) is 16.8. The number of fused-ring (bicyclic) bond motifs is 1. The van der Waals surface area contributed by atoms with Crippen LogP contribution in [0.25, 0.3) is 5.65 Å². The summed E-state index contributed by atoms with van der Waals surface area (Å²) in [5, 5.41) is 3.46. The van der Waals surface area contributed by atoms with Crippen LogP contribution in [0.5, 0.6) is 5.75 Å². The van der Waals surface area contributed by atoms with E-state index in [0.29, 0.717) is 31.1 Å². The van der Waals surface area contributed by atoms with Gasteiger partial charge in [-0.05, 0) is 30.7 Å². The average Bonchev–Trinajstić information content (AvgIpc) is 3.02. The second-order valence-corrected chi connectivity index (χ2v) is 5.74. The Morgan fingerprint density at radius 1 is 1.17 bits per heavy atom. The van der Waals surface area contributed by atoms with Crippen molar-refractivity contribution in [2.75, 3.05) is 6.61 Å². The number of halogens is 1. The Hall–Kier alpha value is -2.53. The first-order valence-electron chi connectivity index (χ1n) is 7.79. The number of hydrogen-bond acceptors (Lipinski definition) is 3. The van der Waals surface area contributed by atoms with Crippen molar-refractivity contribution >= 4 is 23.2 Å². The maximum Gasteiger partial charge on any atom is 0.220 e. The molecule has 6 heteroatoms. The number of carbonyl (C=O) groups is 1. The van der Waals surface area contributed by atoms with Crippen LogP contribution in [-0.2, 0) is 11.3 Å². The van der Waals surface area contributed by atoms with E-state index in [4.69, 9.17) is 16.3 Å². The molecule has 0 spiro atoms. The van der Waals surface area contributed by atoms with Crippen LogP contribution in [-0.4, -0.2) is 21.9 Å². The Bertz CT molecular complexity index is 818. The van der Waals surface area contributed by atoms with Crippen molar-refractivity contribution in [3.63, 3.8) is 0 Å². The fourth-order valence-corrected chi connectivity index (χ4v) is 2.54. The molecule has 1 aromatic carbocycles. The Kier molecular flexibility index (Phi) is 5.33. The van der Waals surface area contributed by atoms with Crippen molar-refractivity contribution in [2.45, 2.75) is 19.4 Å². The van der Waals surface area contributed by atoms with E-state index in [0.717, 1.165) is 17.1 Å². The van der Waals surface area contributed by atoms with Crippen LogP contribution in [0.2, 0.25) is 5.15 Å². The van der Waals surface area contributed by atoms with Gasteiger partial charge >= 0.3 is 0 Å². The third kappa shape index (κ3) is 4.26. The van der Waals surface area contributed by atoms with Crippen LogP contribution < -0.4 is 10.1 Å². The highest BCUT2D eigenvalue weighted by Gasteiger charge is 2.06. The molecular weight excluding hydrogens is 326 g/mol. The van der Waals surface area contributed by atoms with Gasteiger partial charge in [0.15, 0.2) is 0 Å². The molecule has 1 amide bonds. The van der Waals surface area contributed by atoms with E-state index < -0.39 is 0 Å². The fraction of sp³-hybridized carbons (Fsp3) is 0.222. The van der Waals surface area contributed by atoms with E-state index in [1.165, 1.54) is 0 Å². The van der Waals surface area contributed by atoms with Crippen molar-refractivity contribution in [3.05, 3.63) is 65.6 Å². The van der Waals surface area contributed by atoms with Gasteiger partial charge in [0, 0.05) is 12.6 Å². The van der Waals surface area contributed by atoms with Gasteiger partial charge in [0.2, 0.25) is 5.91 Å². The van der Waals surface area contributed by atoms with E-state index >= 15 is 0 Å². The van der Waals surface area contributed by atoms with Crippen molar-refractivity contribution in [2.24, 2.45) is 0 Å². The predicted molar refractivity (Wildman–Crippen MR) is 93.2 cm³/mol. The number of pyridine rings is 1. The Balaban J connectivity index is 1.41. The minimum Gasteiger partial charge on any atom is -0.494 e. The smallest absolute Gasteiger partial charge is 0.220 e. The summed E-state index contributed by atoms with van der Waals surface area (Å²) in [6, 6.07) is 15.1. The monoisotopic (exact) mass is 343 g/mol. The number of benzene rings is 1. The lowest BCUT2D eigenvalue weighted by Gasteiger charge is -2.06. The summed E-state index contributed by atoms with van der Waals surface area (Å²) < 4.78 is 7.35. The molecule has 2 aromatic heterocycles. The van der Waals surface area contributed by atoms with Crippen LogP contribution in [0.15, 0.2) is 54.7 Å². The van der Waals surface area contributed by atoms with Crippen molar-refractivity contribution in [1.29, 1.82) is 0 Å². The average molecular weight is 344 g/mol. The summed E-state index contributed by atoms with van der Waals surface area (Å²) in [5.74, 6) is 0.800. The number of para-hydroxylation sites is 1. The van der Waals surface area contributed by atoms with E-state index in [2.05, 4.69) is 10.3 Å². The highest BCUT2D eigenvalue weighted by atomic mass is 35.5. The maximum atomic E-state index is 11.9. The van der Waals surface area contributed by atoms with Gasteiger partial charge in [-0.25, -0.2) is 4.98 Å². The zero-order valence-corrected chi connectivity index (χ0v) is 13.9. The van der Waals surface area contributed by atoms with Crippen LogP contribution in [0.1, 0.15) is 18.5 Å². The number of imidazole rings is 1. The molecule has 0 aliphatic rings. The molecule has 0 radical (unpaired) electrons. The summed E-state index contributed by atoms with van der Waals surface area (Å²) in [5.41, 5.74) is 1.54. The molecule has 0 bridgehead atoms. The summed E-state index contributed by atoms with van der Waals surface area (Å²) in [7, 11) is 0. The quantitative estimate of drug-likeness (QED) is 0.528. The van der Waals surface area contributed by atoms with Crippen molar-refractivity contribution < 1.29 is 9.53 Å². The Labute approximate surface area is 145 Å². The number of nitrogens with zero attached hydrogens (tertiary/aromatic N) is 2. The Morgan fingerprint density at radius 2 is 2.00 bits per heavy atom. The minimum atomic E-state index is -0.0187. The number of amides is 1. The van der Waals surface area contributed by atoms with Crippen molar-refractivity contribution in [3.8, 4) is 5.75 Å². The standard InChI is InChI=1S/C18H18ClN3O2/c19-16-8-4-9-17-21-14(13-22(16)17)12-20-18(23)10-5-11-24-15-6-2-1-3-7-15/h1-4,6-9,13H,5,10-12H2,(H,20,23). The molecule has 24 heavy (non-hydrogen) atoms. The molecule has 2 heterocycles. The number of ether oxygens (including phenoxy) is 1. The van der Waals surface area contributed by atoms with Crippen molar-refractivity contribution in [1.82, 2.24) is 14.7 Å². The molecule has 1 N–H and O–H groups in total. The molecule has 124 valence electrons. The molecule has 0 fully saturated rings. The van der Waals surface area contributed by atoms with E-state index in [1.54, 1.807) is 10.5 Å².